The number of likely N-dealkylation sites (tertiary alicyclic amines) is 1. The fourth-order valence-corrected chi connectivity index (χ4v) is 4.78. The van der Waals surface area contributed by atoms with Gasteiger partial charge < -0.3 is 0 Å². The van der Waals surface area contributed by atoms with E-state index in [1.807, 2.05) is 36.2 Å². The molecule has 1 aromatic heterocycles. The van der Waals surface area contributed by atoms with Crippen molar-refractivity contribution in [3.8, 4) is 0 Å². The first-order valence-electron chi connectivity index (χ1n) is 11.4. The molecule has 1 saturated heterocycles. The number of benzene rings is 2. The van der Waals surface area contributed by atoms with Crippen LogP contribution < -0.4 is 4.90 Å². The summed E-state index contributed by atoms with van der Waals surface area (Å²) in [5.74, 6) is 0.683. The molecular weight excluding hydrogens is 457 g/mol. The molecule has 1 atom stereocenters. The molecule has 0 radical (unpaired) electrons. The van der Waals surface area contributed by atoms with E-state index in [9.17, 15) is 4.79 Å². The second-order valence-corrected chi connectivity index (χ2v) is 9.31. The molecule has 2 heterocycles. The number of carbonyl (C=O) groups is 1. The van der Waals surface area contributed by atoms with Gasteiger partial charge in [-0.05, 0) is 43.0 Å². The number of rotatable bonds is 7. The third kappa shape index (κ3) is 5.57. The lowest BCUT2D eigenvalue weighted by Crippen LogP contribution is -2.48. The minimum absolute atomic E-state index is 0.0751. The molecule has 0 spiro atoms. The molecule has 3 aromatic rings. The Labute approximate surface area is 205 Å². The zero-order valence-electron chi connectivity index (χ0n) is 19.0. The van der Waals surface area contributed by atoms with Gasteiger partial charge in [0, 0.05) is 31.6 Å². The second kappa shape index (κ2) is 10.7. The molecule has 174 valence electrons. The summed E-state index contributed by atoms with van der Waals surface area (Å²) in [6.45, 7) is 6.52. The maximum atomic E-state index is 12.9. The maximum absolute atomic E-state index is 12.9. The van der Waals surface area contributed by atoms with Crippen molar-refractivity contribution < 1.29 is 4.79 Å². The molecule has 0 aliphatic carbocycles. The van der Waals surface area contributed by atoms with Gasteiger partial charge in [-0.25, -0.2) is 4.68 Å². The topological polar surface area (TPSA) is 54.3 Å². The Kier molecular flexibility index (Phi) is 7.68. The Morgan fingerprint density at radius 2 is 1.85 bits per heavy atom. The van der Waals surface area contributed by atoms with E-state index in [2.05, 4.69) is 46.4 Å². The van der Waals surface area contributed by atoms with Crippen molar-refractivity contribution in [2.24, 2.45) is 0 Å². The fraction of sp³-hybridized carbons (Fsp3) is 0.400. The monoisotopic (exact) mass is 485 g/mol. The van der Waals surface area contributed by atoms with Gasteiger partial charge in [-0.15, -0.1) is 5.10 Å². The lowest BCUT2D eigenvalue weighted by molar-refractivity contribution is -0.119. The van der Waals surface area contributed by atoms with Crippen LogP contribution >= 0.6 is 23.2 Å². The van der Waals surface area contributed by atoms with E-state index < -0.39 is 0 Å². The molecule has 1 aliphatic heterocycles. The number of piperidine rings is 1. The van der Waals surface area contributed by atoms with Gasteiger partial charge in [0.2, 0.25) is 5.91 Å². The standard InChI is InChI=1S/C25H29Cl2N5O/c1-3-25(33)32(21-11-13-30(14-12-21)18(2)20-7-5-4-6-8-20)24-17-31(29-28-24)16-19-9-10-22(26)23(27)15-19/h4-10,15,17-18,21H,3,11-14,16H2,1-2H3. The van der Waals surface area contributed by atoms with Gasteiger partial charge in [-0.1, -0.05) is 71.7 Å². The highest BCUT2D eigenvalue weighted by Crippen LogP contribution is 2.28. The summed E-state index contributed by atoms with van der Waals surface area (Å²) in [4.78, 5) is 17.2. The molecule has 8 heteroatoms. The van der Waals surface area contributed by atoms with Gasteiger partial charge in [0.05, 0.1) is 22.8 Å². The van der Waals surface area contributed by atoms with Crippen LogP contribution in [0.3, 0.4) is 0 Å². The zero-order valence-corrected chi connectivity index (χ0v) is 20.5. The van der Waals surface area contributed by atoms with Crippen LogP contribution in [0.5, 0.6) is 0 Å². The largest absolute Gasteiger partial charge is 0.296 e. The van der Waals surface area contributed by atoms with Crippen molar-refractivity contribution in [2.75, 3.05) is 18.0 Å². The summed E-state index contributed by atoms with van der Waals surface area (Å²) >= 11 is 12.2. The van der Waals surface area contributed by atoms with Gasteiger partial charge in [-0.2, -0.15) is 0 Å². The summed E-state index contributed by atoms with van der Waals surface area (Å²) < 4.78 is 1.73. The molecule has 2 aromatic carbocycles. The van der Waals surface area contributed by atoms with Crippen LogP contribution in [0.15, 0.2) is 54.7 Å². The SMILES string of the molecule is CCC(=O)N(c1cn(Cc2ccc(Cl)c(Cl)c2)nn1)C1CCN(C(C)c2ccccc2)CC1. The molecular formula is C25H29Cl2N5O. The first-order valence-corrected chi connectivity index (χ1v) is 12.2. The van der Waals surface area contributed by atoms with E-state index in [-0.39, 0.29) is 11.9 Å². The van der Waals surface area contributed by atoms with Gasteiger partial charge in [-0.3, -0.25) is 14.6 Å². The van der Waals surface area contributed by atoms with Gasteiger partial charge in [0.1, 0.15) is 0 Å². The molecule has 1 unspecified atom stereocenters. The summed E-state index contributed by atoms with van der Waals surface area (Å²) in [6, 6.07) is 16.5. The van der Waals surface area contributed by atoms with Crippen molar-refractivity contribution in [3.63, 3.8) is 0 Å². The number of halogens is 2. The number of carbonyl (C=O) groups excluding carboxylic acids is 1. The zero-order chi connectivity index (χ0) is 23.4. The quantitative estimate of drug-likeness (QED) is 0.436. The number of hydrogen-bond acceptors (Lipinski definition) is 4. The average Bonchev–Trinajstić information content (AvgIpc) is 3.29. The summed E-state index contributed by atoms with van der Waals surface area (Å²) in [7, 11) is 0. The second-order valence-electron chi connectivity index (χ2n) is 8.49. The number of aromatic nitrogens is 3. The Bertz CT molecular complexity index is 1080. The van der Waals surface area contributed by atoms with Gasteiger partial charge in [0.15, 0.2) is 5.82 Å². The van der Waals surface area contributed by atoms with Crippen molar-refractivity contribution in [1.82, 2.24) is 19.9 Å². The Morgan fingerprint density at radius 1 is 1.12 bits per heavy atom. The first kappa shape index (κ1) is 23.7. The van der Waals surface area contributed by atoms with Crippen molar-refractivity contribution >= 4 is 34.9 Å². The normalized spacial score (nSPS) is 16.0. The van der Waals surface area contributed by atoms with Crippen LogP contribution in [0, 0.1) is 0 Å². The highest BCUT2D eigenvalue weighted by atomic mass is 35.5. The van der Waals surface area contributed by atoms with E-state index in [4.69, 9.17) is 23.2 Å². The number of nitrogens with zero attached hydrogens (tertiary/aromatic N) is 5. The number of amides is 1. The molecule has 0 saturated carbocycles. The summed E-state index contributed by atoms with van der Waals surface area (Å²) in [5.41, 5.74) is 2.29. The highest BCUT2D eigenvalue weighted by Gasteiger charge is 2.31. The van der Waals surface area contributed by atoms with Crippen molar-refractivity contribution in [2.45, 2.75) is 51.7 Å². The van der Waals surface area contributed by atoms with Crippen molar-refractivity contribution in [1.29, 1.82) is 0 Å². The molecule has 1 aliphatic rings. The van der Waals surface area contributed by atoms with E-state index >= 15 is 0 Å². The van der Waals surface area contributed by atoms with Gasteiger partial charge in [0.25, 0.3) is 0 Å². The van der Waals surface area contributed by atoms with Crippen LogP contribution in [0.25, 0.3) is 0 Å². The molecule has 1 fully saturated rings. The molecule has 0 bridgehead atoms. The minimum Gasteiger partial charge on any atom is -0.296 e. The molecule has 6 nitrogen and oxygen atoms in total. The lowest BCUT2D eigenvalue weighted by Gasteiger charge is -2.40. The van der Waals surface area contributed by atoms with E-state index in [1.54, 1.807) is 10.7 Å². The fourth-order valence-electron chi connectivity index (χ4n) is 4.46. The predicted molar refractivity (Wildman–Crippen MR) is 133 cm³/mol. The minimum atomic E-state index is 0.0751. The third-order valence-electron chi connectivity index (χ3n) is 6.37. The maximum Gasteiger partial charge on any atom is 0.228 e. The third-order valence-corrected chi connectivity index (χ3v) is 7.11. The molecule has 33 heavy (non-hydrogen) atoms. The van der Waals surface area contributed by atoms with Crippen LogP contribution in [-0.4, -0.2) is 44.9 Å². The first-order chi connectivity index (χ1) is 16.0. The molecule has 0 N–H and O–H groups in total. The summed E-state index contributed by atoms with van der Waals surface area (Å²) in [5, 5.41) is 9.64. The van der Waals surface area contributed by atoms with Crippen LogP contribution in [0.1, 0.15) is 50.3 Å². The molecule has 1 amide bonds. The Balaban J connectivity index is 1.45. The van der Waals surface area contributed by atoms with Gasteiger partial charge >= 0.3 is 0 Å². The van der Waals surface area contributed by atoms with Crippen LogP contribution in [-0.2, 0) is 11.3 Å². The van der Waals surface area contributed by atoms with Crippen LogP contribution in [0.2, 0.25) is 10.0 Å². The smallest absolute Gasteiger partial charge is 0.228 e. The highest BCUT2D eigenvalue weighted by molar-refractivity contribution is 6.42. The lowest BCUT2D eigenvalue weighted by atomic mass is 9.99. The molecule has 4 rings (SSSR count). The van der Waals surface area contributed by atoms with Crippen LogP contribution in [0.4, 0.5) is 5.82 Å². The van der Waals surface area contributed by atoms with Crippen molar-refractivity contribution in [3.05, 3.63) is 75.9 Å². The van der Waals surface area contributed by atoms with E-state index in [0.29, 0.717) is 34.9 Å². The van der Waals surface area contributed by atoms with E-state index in [0.717, 1.165) is 31.5 Å². The van der Waals surface area contributed by atoms with E-state index in [1.165, 1.54) is 5.56 Å². The Hall–Kier alpha value is -2.41. The Morgan fingerprint density at radius 3 is 2.52 bits per heavy atom. The predicted octanol–water partition coefficient (Wildman–Crippen LogP) is 5.60. The summed E-state index contributed by atoms with van der Waals surface area (Å²) in [6.07, 6.45) is 4.08. The number of hydrogen-bond donors (Lipinski definition) is 0. The number of anilines is 1. The average molecular weight is 486 g/mol.